The summed E-state index contributed by atoms with van der Waals surface area (Å²) in [5.41, 5.74) is 7.08. The number of aliphatic hydroxyl groups excluding tert-OH is 1. The molecule has 134 valence electrons. The van der Waals surface area contributed by atoms with E-state index in [-0.39, 0.29) is 42.4 Å². The van der Waals surface area contributed by atoms with Crippen LogP contribution in [0.15, 0.2) is 24.3 Å². The standard InChI is InChI=1S/C18H26N2O3.ClH/c1-17(2)15-14(4-3-11-23-15)18(17,19)16(22)20-13-7-5-12(6-8-13)9-10-21;/h5-8,14-15,21H,3-4,9-11,19H2,1-2H3,(H,20,22);1H. The Morgan fingerprint density at radius 1 is 1.38 bits per heavy atom. The number of amides is 1. The molecule has 0 aromatic heterocycles. The Labute approximate surface area is 149 Å². The normalized spacial score (nSPS) is 30.5. The van der Waals surface area contributed by atoms with Gasteiger partial charge in [0.05, 0.1) is 6.10 Å². The van der Waals surface area contributed by atoms with Crippen molar-refractivity contribution in [2.24, 2.45) is 17.1 Å². The number of nitrogens with two attached hydrogens (primary N) is 1. The zero-order valence-electron chi connectivity index (χ0n) is 14.2. The quantitative estimate of drug-likeness (QED) is 0.773. The number of ether oxygens (including phenoxy) is 1. The Morgan fingerprint density at radius 3 is 2.67 bits per heavy atom. The maximum atomic E-state index is 12.9. The number of halogens is 1. The highest BCUT2D eigenvalue weighted by Gasteiger charge is 2.70. The first-order valence-electron chi connectivity index (χ1n) is 8.33. The Bertz CT molecular complexity index is 590. The second-order valence-corrected chi connectivity index (χ2v) is 7.26. The van der Waals surface area contributed by atoms with Crippen LogP contribution in [0.2, 0.25) is 0 Å². The number of benzene rings is 1. The van der Waals surface area contributed by atoms with Crippen LogP contribution >= 0.6 is 12.4 Å². The topological polar surface area (TPSA) is 84.6 Å². The van der Waals surface area contributed by atoms with E-state index >= 15 is 0 Å². The predicted octanol–water partition coefficient (Wildman–Crippen LogP) is 2.11. The average Bonchev–Trinajstić information content (AvgIpc) is 2.56. The number of carbonyl (C=O) groups is 1. The summed E-state index contributed by atoms with van der Waals surface area (Å²) in [5.74, 6) is -0.0518. The number of aliphatic hydroxyl groups is 1. The van der Waals surface area contributed by atoms with E-state index in [9.17, 15) is 4.79 Å². The van der Waals surface area contributed by atoms with Gasteiger partial charge in [-0.05, 0) is 37.0 Å². The van der Waals surface area contributed by atoms with Crippen molar-refractivity contribution < 1.29 is 14.6 Å². The number of anilines is 1. The maximum absolute atomic E-state index is 12.9. The Morgan fingerprint density at radius 2 is 2.04 bits per heavy atom. The van der Waals surface area contributed by atoms with Gasteiger partial charge in [-0.15, -0.1) is 12.4 Å². The third kappa shape index (κ3) is 2.84. The molecule has 4 N–H and O–H groups in total. The van der Waals surface area contributed by atoms with Crippen molar-refractivity contribution in [2.45, 2.75) is 44.8 Å². The lowest BCUT2D eigenvalue weighted by atomic mass is 9.46. The lowest BCUT2D eigenvalue weighted by molar-refractivity contribution is -0.222. The van der Waals surface area contributed by atoms with E-state index in [1.807, 2.05) is 38.1 Å². The van der Waals surface area contributed by atoms with Gasteiger partial charge in [0.15, 0.2) is 0 Å². The van der Waals surface area contributed by atoms with Gasteiger partial charge in [0.2, 0.25) is 5.91 Å². The van der Waals surface area contributed by atoms with Crippen molar-refractivity contribution >= 4 is 24.0 Å². The fraction of sp³-hybridized carbons (Fsp3) is 0.611. The average molecular weight is 355 g/mol. The summed E-state index contributed by atoms with van der Waals surface area (Å²) >= 11 is 0. The van der Waals surface area contributed by atoms with Gasteiger partial charge in [0, 0.05) is 30.2 Å². The van der Waals surface area contributed by atoms with Gasteiger partial charge in [-0.2, -0.15) is 0 Å². The van der Waals surface area contributed by atoms with Crippen LogP contribution in [0.25, 0.3) is 0 Å². The first-order valence-corrected chi connectivity index (χ1v) is 8.33. The molecule has 3 unspecified atom stereocenters. The molecule has 24 heavy (non-hydrogen) atoms. The number of carbonyl (C=O) groups excluding carboxylic acids is 1. The first kappa shape index (κ1) is 19.2. The van der Waals surface area contributed by atoms with Crippen molar-refractivity contribution in [3.8, 4) is 0 Å². The molecule has 0 bridgehead atoms. The Hall–Kier alpha value is -1.14. The van der Waals surface area contributed by atoms with Crippen molar-refractivity contribution in [1.29, 1.82) is 0 Å². The van der Waals surface area contributed by atoms with Crippen molar-refractivity contribution in [3.63, 3.8) is 0 Å². The minimum atomic E-state index is -0.901. The molecular weight excluding hydrogens is 328 g/mol. The zero-order chi connectivity index (χ0) is 16.7. The predicted molar refractivity (Wildman–Crippen MR) is 96.3 cm³/mol. The van der Waals surface area contributed by atoms with E-state index in [0.29, 0.717) is 6.42 Å². The smallest absolute Gasteiger partial charge is 0.245 e. The highest BCUT2D eigenvalue weighted by molar-refractivity contribution is 6.00. The van der Waals surface area contributed by atoms with Gasteiger partial charge in [0.1, 0.15) is 5.54 Å². The number of nitrogens with one attached hydrogen (secondary N) is 1. The maximum Gasteiger partial charge on any atom is 0.245 e. The van der Waals surface area contributed by atoms with E-state index < -0.39 is 5.54 Å². The summed E-state index contributed by atoms with van der Waals surface area (Å²) < 4.78 is 5.85. The first-order chi connectivity index (χ1) is 10.9. The van der Waals surface area contributed by atoms with Gasteiger partial charge in [-0.1, -0.05) is 26.0 Å². The van der Waals surface area contributed by atoms with Crippen molar-refractivity contribution in [3.05, 3.63) is 29.8 Å². The van der Waals surface area contributed by atoms with Crippen LogP contribution in [-0.2, 0) is 16.0 Å². The van der Waals surface area contributed by atoms with Crippen molar-refractivity contribution in [1.82, 2.24) is 0 Å². The molecule has 5 nitrogen and oxygen atoms in total. The molecule has 1 heterocycles. The van der Waals surface area contributed by atoms with E-state index in [4.69, 9.17) is 15.6 Å². The molecule has 1 aromatic rings. The highest BCUT2D eigenvalue weighted by Crippen LogP contribution is 2.57. The van der Waals surface area contributed by atoms with Crippen LogP contribution in [-0.4, -0.2) is 35.9 Å². The van der Waals surface area contributed by atoms with E-state index in [1.54, 1.807) is 0 Å². The fourth-order valence-electron chi connectivity index (χ4n) is 4.16. The third-order valence-electron chi connectivity index (χ3n) is 5.67. The molecule has 1 amide bonds. The molecule has 3 atom stereocenters. The van der Waals surface area contributed by atoms with Crippen LogP contribution in [0.1, 0.15) is 32.3 Å². The SMILES string of the molecule is CC1(C)C2OCCCC2C1(N)C(=O)Nc1ccc(CCO)cc1.Cl. The molecular formula is C18H27ClN2O3. The summed E-state index contributed by atoms with van der Waals surface area (Å²) in [7, 11) is 0. The minimum Gasteiger partial charge on any atom is -0.396 e. The monoisotopic (exact) mass is 354 g/mol. The summed E-state index contributed by atoms with van der Waals surface area (Å²) in [6, 6.07) is 7.53. The van der Waals surface area contributed by atoms with Gasteiger partial charge < -0.3 is 20.9 Å². The molecule has 0 radical (unpaired) electrons. The zero-order valence-corrected chi connectivity index (χ0v) is 15.1. The second-order valence-electron chi connectivity index (χ2n) is 7.26. The highest BCUT2D eigenvalue weighted by atomic mass is 35.5. The molecule has 1 saturated heterocycles. The van der Waals surface area contributed by atoms with E-state index in [0.717, 1.165) is 30.7 Å². The number of rotatable bonds is 4. The van der Waals surface area contributed by atoms with E-state index in [2.05, 4.69) is 5.32 Å². The number of hydrogen-bond acceptors (Lipinski definition) is 4. The molecule has 1 aliphatic heterocycles. The minimum absolute atomic E-state index is 0. The molecule has 0 spiro atoms. The number of hydrogen-bond donors (Lipinski definition) is 3. The van der Waals surface area contributed by atoms with Gasteiger partial charge in [-0.25, -0.2) is 0 Å². The summed E-state index contributed by atoms with van der Waals surface area (Å²) in [5, 5.41) is 11.9. The van der Waals surface area contributed by atoms with Gasteiger partial charge >= 0.3 is 0 Å². The lowest BCUT2D eigenvalue weighted by Gasteiger charge is -2.65. The number of fused-ring (bicyclic) bond motifs is 1. The van der Waals surface area contributed by atoms with Crippen LogP contribution in [0.5, 0.6) is 0 Å². The largest absolute Gasteiger partial charge is 0.396 e. The third-order valence-corrected chi connectivity index (χ3v) is 5.67. The van der Waals surface area contributed by atoms with Gasteiger partial charge in [0.25, 0.3) is 0 Å². The molecule has 2 fully saturated rings. The van der Waals surface area contributed by atoms with Crippen LogP contribution in [0.3, 0.4) is 0 Å². The fourth-order valence-corrected chi connectivity index (χ4v) is 4.16. The Kier molecular flexibility index (Phi) is 5.60. The van der Waals surface area contributed by atoms with Crippen molar-refractivity contribution in [2.75, 3.05) is 18.5 Å². The van der Waals surface area contributed by atoms with Gasteiger partial charge in [-0.3, -0.25) is 4.79 Å². The summed E-state index contributed by atoms with van der Waals surface area (Å²) in [6.07, 6.45) is 2.58. The van der Waals surface area contributed by atoms with Crippen LogP contribution in [0, 0.1) is 11.3 Å². The second kappa shape index (κ2) is 7.00. The molecule has 1 aliphatic carbocycles. The van der Waals surface area contributed by atoms with Crippen LogP contribution < -0.4 is 11.1 Å². The molecule has 3 rings (SSSR count). The molecule has 6 heteroatoms. The molecule has 1 saturated carbocycles. The molecule has 1 aromatic carbocycles. The molecule has 2 aliphatic rings. The van der Waals surface area contributed by atoms with Crippen LogP contribution in [0.4, 0.5) is 5.69 Å². The lowest BCUT2D eigenvalue weighted by Crippen LogP contribution is -2.81. The Balaban J connectivity index is 0.00000208. The van der Waals surface area contributed by atoms with E-state index in [1.165, 1.54) is 0 Å². The summed E-state index contributed by atoms with van der Waals surface area (Å²) in [6.45, 7) is 4.91. The summed E-state index contributed by atoms with van der Waals surface area (Å²) in [4.78, 5) is 12.9.